The first-order valence-corrected chi connectivity index (χ1v) is 9.21. The molecular weight excluding hydrogens is 352 g/mol. The average Bonchev–Trinajstić information content (AvgIpc) is 3.03. The topological polar surface area (TPSA) is 129 Å². The van der Waals surface area contributed by atoms with Gasteiger partial charge in [0, 0.05) is 6.20 Å². The minimum absolute atomic E-state index is 0.0460. The third kappa shape index (κ3) is 5.69. The Balaban J connectivity index is 1.92. The molecule has 2 rings (SSSR count). The molecule has 1 fully saturated rings. The summed E-state index contributed by atoms with van der Waals surface area (Å²) in [6, 6.07) is 3.58. The van der Waals surface area contributed by atoms with Gasteiger partial charge >= 0.3 is 11.8 Å². The van der Waals surface area contributed by atoms with E-state index in [0.29, 0.717) is 6.42 Å². The van der Waals surface area contributed by atoms with Gasteiger partial charge in [0.2, 0.25) is 0 Å². The Bertz CT molecular complexity index is 723. The van der Waals surface area contributed by atoms with E-state index in [1.807, 2.05) is 13.8 Å². The number of nitriles is 1. The summed E-state index contributed by atoms with van der Waals surface area (Å²) >= 11 is 0. The van der Waals surface area contributed by atoms with Crippen molar-refractivity contribution in [3.05, 3.63) is 22.7 Å². The first kappa shape index (κ1) is 20.7. The molecule has 0 aliphatic carbocycles. The standard InChI is InChI=1S/C18H26N4O5/c1-3-5-13(6-4-2)27-18(24)25-11-14-9-12(10-19)16(26-14)22-8-7-15(20)21-17(22)23/h7-8,12-14,16H,3-6,9,11H2,1-2H3,(H2,20,21,23)/t12-,14+,16-/m1/s1. The maximum Gasteiger partial charge on any atom is 0.508 e. The second kappa shape index (κ2) is 9.92. The van der Waals surface area contributed by atoms with Crippen LogP contribution in [0.5, 0.6) is 0 Å². The third-order valence-electron chi connectivity index (χ3n) is 4.36. The SMILES string of the molecule is CCCC(CCC)OC(=O)OC[C@@H]1C[C@H](C#N)[C@H](n2ccc(N)nc2=O)O1. The molecule has 9 heteroatoms. The van der Waals surface area contributed by atoms with E-state index in [0.717, 1.165) is 25.7 Å². The average molecular weight is 378 g/mol. The van der Waals surface area contributed by atoms with E-state index in [4.69, 9.17) is 19.9 Å². The highest BCUT2D eigenvalue weighted by atomic mass is 16.7. The molecule has 0 aromatic carbocycles. The zero-order valence-electron chi connectivity index (χ0n) is 15.7. The summed E-state index contributed by atoms with van der Waals surface area (Å²) in [5.41, 5.74) is 4.89. The quantitative estimate of drug-likeness (QED) is 0.682. The van der Waals surface area contributed by atoms with Crippen molar-refractivity contribution in [1.29, 1.82) is 5.26 Å². The van der Waals surface area contributed by atoms with Gasteiger partial charge in [0.25, 0.3) is 0 Å². The van der Waals surface area contributed by atoms with Crippen LogP contribution in [0.1, 0.15) is 52.2 Å². The van der Waals surface area contributed by atoms with Crippen LogP contribution in [-0.4, -0.2) is 34.5 Å². The van der Waals surface area contributed by atoms with Crippen LogP contribution in [0.2, 0.25) is 0 Å². The largest absolute Gasteiger partial charge is 0.508 e. The van der Waals surface area contributed by atoms with E-state index in [1.165, 1.54) is 16.8 Å². The molecule has 1 aromatic rings. The molecule has 0 amide bonds. The smallest absolute Gasteiger partial charge is 0.432 e. The molecule has 1 aromatic heterocycles. The fraction of sp³-hybridized carbons (Fsp3) is 0.667. The van der Waals surface area contributed by atoms with Crippen LogP contribution < -0.4 is 11.4 Å². The zero-order valence-corrected chi connectivity index (χ0v) is 15.7. The van der Waals surface area contributed by atoms with E-state index in [-0.39, 0.29) is 18.5 Å². The Labute approximate surface area is 158 Å². The highest BCUT2D eigenvalue weighted by molar-refractivity contribution is 5.60. The van der Waals surface area contributed by atoms with E-state index >= 15 is 0 Å². The van der Waals surface area contributed by atoms with Gasteiger partial charge in [0.1, 0.15) is 18.5 Å². The molecule has 9 nitrogen and oxygen atoms in total. The molecule has 0 saturated carbocycles. The number of nitrogen functional groups attached to an aromatic ring is 1. The number of rotatable bonds is 8. The van der Waals surface area contributed by atoms with Gasteiger partial charge < -0.3 is 19.9 Å². The van der Waals surface area contributed by atoms with Crippen molar-refractivity contribution >= 4 is 12.0 Å². The Kier molecular flexibility index (Phi) is 7.61. The summed E-state index contributed by atoms with van der Waals surface area (Å²) < 4.78 is 17.5. The summed E-state index contributed by atoms with van der Waals surface area (Å²) in [4.78, 5) is 27.5. The molecule has 1 aliphatic heterocycles. The molecular formula is C18H26N4O5. The van der Waals surface area contributed by atoms with Crippen LogP contribution >= 0.6 is 0 Å². The van der Waals surface area contributed by atoms with Gasteiger partial charge in [0.15, 0.2) is 6.23 Å². The van der Waals surface area contributed by atoms with Crippen LogP contribution in [0.3, 0.4) is 0 Å². The predicted octanol–water partition coefficient (Wildman–Crippen LogP) is 2.37. The second-order valence-electron chi connectivity index (χ2n) is 6.54. The van der Waals surface area contributed by atoms with Gasteiger partial charge in [-0.05, 0) is 25.3 Å². The Morgan fingerprint density at radius 3 is 2.78 bits per heavy atom. The maximum absolute atomic E-state index is 12.0. The fourth-order valence-electron chi connectivity index (χ4n) is 3.09. The lowest BCUT2D eigenvalue weighted by Crippen LogP contribution is -2.30. The van der Waals surface area contributed by atoms with Crippen molar-refractivity contribution in [2.75, 3.05) is 12.3 Å². The van der Waals surface area contributed by atoms with Gasteiger partial charge in [-0.25, -0.2) is 9.59 Å². The second-order valence-corrected chi connectivity index (χ2v) is 6.54. The summed E-state index contributed by atoms with van der Waals surface area (Å²) in [5.74, 6) is -0.468. The lowest BCUT2D eigenvalue weighted by atomic mass is 10.1. The van der Waals surface area contributed by atoms with E-state index < -0.39 is 30.1 Å². The molecule has 3 atom stereocenters. The Hall–Kier alpha value is -2.60. The number of carbonyl (C=O) groups is 1. The van der Waals surface area contributed by atoms with E-state index in [9.17, 15) is 14.9 Å². The molecule has 0 radical (unpaired) electrons. The van der Waals surface area contributed by atoms with Gasteiger partial charge in [-0.2, -0.15) is 10.2 Å². The summed E-state index contributed by atoms with van der Waals surface area (Å²) in [6.45, 7) is 4.01. The first-order chi connectivity index (χ1) is 13.0. The van der Waals surface area contributed by atoms with Crippen molar-refractivity contribution < 1.29 is 19.0 Å². The summed E-state index contributed by atoms with van der Waals surface area (Å²) in [5, 5.41) is 9.35. The first-order valence-electron chi connectivity index (χ1n) is 9.21. The third-order valence-corrected chi connectivity index (χ3v) is 4.36. The summed E-state index contributed by atoms with van der Waals surface area (Å²) in [7, 11) is 0. The highest BCUT2D eigenvalue weighted by Gasteiger charge is 2.38. The lowest BCUT2D eigenvalue weighted by Gasteiger charge is -2.18. The van der Waals surface area contributed by atoms with Gasteiger partial charge in [-0.1, -0.05) is 26.7 Å². The number of nitrogens with two attached hydrogens (primary N) is 1. The fourth-order valence-corrected chi connectivity index (χ4v) is 3.09. The molecule has 1 aliphatic rings. The number of hydrogen-bond acceptors (Lipinski definition) is 8. The van der Waals surface area contributed by atoms with Crippen LogP contribution in [0.15, 0.2) is 17.1 Å². The normalized spacial score (nSPS) is 21.8. The minimum atomic E-state index is -0.798. The van der Waals surface area contributed by atoms with Crippen LogP contribution in [-0.2, 0) is 14.2 Å². The number of ether oxygens (including phenoxy) is 3. The molecule has 0 unspecified atom stereocenters. The van der Waals surface area contributed by atoms with Gasteiger partial charge in [-0.15, -0.1) is 0 Å². The molecule has 2 heterocycles. The number of aromatic nitrogens is 2. The molecule has 1 saturated heterocycles. The highest BCUT2D eigenvalue weighted by Crippen LogP contribution is 2.33. The molecule has 27 heavy (non-hydrogen) atoms. The van der Waals surface area contributed by atoms with Crippen molar-refractivity contribution in [2.24, 2.45) is 5.92 Å². The van der Waals surface area contributed by atoms with Gasteiger partial charge in [-0.3, -0.25) is 4.57 Å². The van der Waals surface area contributed by atoms with E-state index in [1.54, 1.807) is 0 Å². The zero-order chi connectivity index (χ0) is 19.8. The van der Waals surface area contributed by atoms with Crippen LogP contribution in [0.25, 0.3) is 0 Å². The van der Waals surface area contributed by atoms with Crippen LogP contribution in [0.4, 0.5) is 10.6 Å². The number of hydrogen-bond donors (Lipinski definition) is 1. The van der Waals surface area contributed by atoms with Gasteiger partial charge in [0.05, 0.1) is 18.1 Å². The number of nitrogens with zero attached hydrogens (tertiary/aromatic N) is 3. The molecule has 0 bridgehead atoms. The molecule has 148 valence electrons. The number of carbonyl (C=O) groups excluding carboxylic acids is 1. The van der Waals surface area contributed by atoms with Crippen molar-refractivity contribution in [3.8, 4) is 6.07 Å². The summed E-state index contributed by atoms with van der Waals surface area (Å²) in [6.07, 6.45) is 2.98. The number of anilines is 1. The van der Waals surface area contributed by atoms with Crippen molar-refractivity contribution in [3.63, 3.8) is 0 Å². The predicted molar refractivity (Wildman–Crippen MR) is 96.6 cm³/mol. The van der Waals surface area contributed by atoms with Crippen molar-refractivity contribution in [1.82, 2.24) is 9.55 Å². The van der Waals surface area contributed by atoms with Crippen molar-refractivity contribution in [2.45, 2.75) is 64.4 Å². The lowest BCUT2D eigenvalue weighted by molar-refractivity contribution is -0.0503. The monoisotopic (exact) mass is 378 g/mol. The Morgan fingerprint density at radius 1 is 1.48 bits per heavy atom. The van der Waals surface area contributed by atoms with Crippen LogP contribution in [0, 0.1) is 17.2 Å². The minimum Gasteiger partial charge on any atom is -0.432 e. The van der Waals surface area contributed by atoms with E-state index in [2.05, 4.69) is 11.1 Å². The Morgan fingerprint density at radius 2 is 2.19 bits per heavy atom. The molecule has 0 spiro atoms. The maximum atomic E-state index is 12.0. The molecule has 2 N–H and O–H groups in total.